The molecule has 0 radical (unpaired) electrons. The molecule has 0 saturated heterocycles. The summed E-state index contributed by atoms with van der Waals surface area (Å²) in [4.78, 5) is 4.72. The Morgan fingerprint density at radius 2 is 0.718 bits per heavy atom. The fourth-order valence-corrected chi connectivity index (χ4v) is 19.4. The van der Waals surface area contributed by atoms with Crippen LogP contribution in [-0.2, 0) is 10.8 Å². The summed E-state index contributed by atoms with van der Waals surface area (Å²) in [5, 5.41) is 9.83. The topological polar surface area (TPSA) is 19.6 Å². The van der Waals surface area contributed by atoms with Crippen LogP contribution in [0, 0.1) is 0 Å². The lowest BCUT2D eigenvalue weighted by Crippen LogP contribution is -2.28. The van der Waals surface area contributed by atoms with Crippen molar-refractivity contribution in [2.75, 3.05) is 9.80 Å². The normalized spacial score (nSPS) is 14.6. The summed E-state index contributed by atoms with van der Waals surface area (Å²) in [6.45, 7) is 0. The average molecular weight is 1420 g/mol. The smallest absolute Gasteiger partial charge is 0.137 e. The summed E-state index contributed by atoms with van der Waals surface area (Å²) < 4.78 is 9.29. The zero-order valence-electron chi connectivity index (χ0n) is 60.1. The van der Waals surface area contributed by atoms with Crippen molar-refractivity contribution in [3.63, 3.8) is 0 Å². The van der Waals surface area contributed by atoms with Crippen LogP contribution in [0.1, 0.15) is 44.5 Å². The van der Waals surface area contributed by atoms with Crippen LogP contribution in [0.3, 0.4) is 0 Å². The summed E-state index contributed by atoms with van der Waals surface area (Å²) in [5.74, 6) is 0. The quantitative estimate of drug-likeness (QED) is 0.122. The minimum Gasteiger partial charge on any atom is -0.456 e. The zero-order valence-corrected chi connectivity index (χ0v) is 60.9. The number of rotatable bonds is 12. The van der Waals surface area contributed by atoms with Crippen molar-refractivity contribution >= 4 is 109 Å². The van der Waals surface area contributed by atoms with Crippen molar-refractivity contribution in [3.8, 4) is 44.5 Å². The number of para-hydroxylation sites is 2. The number of furan rings is 1. The van der Waals surface area contributed by atoms with Gasteiger partial charge < -0.3 is 14.2 Å². The third kappa shape index (κ3) is 10.4. The summed E-state index contributed by atoms with van der Waals surface area (Å²) in [7, 11) is 0. The van der Waals surface area contributed by atoms with Gasteiger partial charge >= 0.3 is 0 Å². The second-order valence-corrected chi connectivity index (χ2v) is 30.0. The van der Waals surface area contributed by atoms with Gasteiger partial charge in [0.25, 0.3) is 0 Å². The van der Waals surface area contributed by atoms with Crippen LogP contribution >= 0.6 is 11.3 Å². The van der Waals surface area contributed by atoms with Crippen molar-refractivity contribution < 1.29 is 4.42 Å². The lowest BCUT2D eigenvalue weighted by molar-refractivity contribution is 0.668. The molecule has 0 bridgehead atoms. The lowest BCUT2D eigenvalue weighted by atomic mass is 9.67. The molecular weight excluding hydrogens is 1350 g/mol. The molecule has 4 heteroatoms. The van der Waals surface area contributed by atoms with Crippen LogP contribution < -0.4 is 9.80 Å². The predicted octanol–water partition coefficient (Wildman–Crippen LogP) is 28.9. The van der Waals surface area contributed by atoms with Gasteiger partial charge in [-0.05, 0) is 214 Å². The highest BCUT2D eigenvalue weighted by Gasteiger charge is 2.48. The molecule has 0 saturated carbocycles. The maximum atomic E-state index is 6.73. The molecule has 110 heavy (non-hydrogen) atoms. The van der Waals surface area contributed by atoms with Crippen LogP contribution in [0.4, 0.5) is 34.1 Å². The van der Waals surface area contributed by atoms with Crippen LogP contribution in [0.2, 0.25) is 0 Å². The molecule has 2 aliphatic rings. The number of hydrogen-bond donors (Lipinski definition) is 0. The Hall–Kier alpha value is -13.9. The Bertz CT molecular complexity index is 6900. The number of anilines is 6. The first kappa shape index (κ1) is 64.5. The molecule has 516 valence electrons. The van der Waals surface area contributed by atoms with Crippen molar-refractivity contribution in [2.24, 2.45) is 0 Å². The van der Waals surface area contributed by atoms with Gasteiger partial charge in [0.2, 0.25) is 0 Å². The maximum Gasteiger partial charge on any atom is 0.137 e. The monoisotopic (exact) mass is 1420 g/mol. The number of thiophene rings is 1. The van der Waals surface area contributed by atoms with E-state index in [1.54, 1.807) is 0 Å². The molecule has 2 heterocycles. The molecule has 0 spiro atoms. The molecule has 22 rings (SSSR count). The Kier molecular flexibility index (Phi) is 15.6. The third-order valence-electron chi connectivity index (χ3n) is 23.0. The van der Waals surface area contributed by atoms with E-state index in [2.05, 4.69) is 434 Å². The molecule has 0 fully saturated rings. The van der Waals surface area contributed by atoms with Gasteiger partial charge in [0.1, 0.15) is 11.2 Å². The van der Waals surface area contributed by atoms with E-state index in [0.29, 0.717) is 0 Å². The largest absolute Gasteiger partial charge is 0.456 e. The standard InChI is InChI=1S/C53H35NO.C53H35NS/c1-4-15-36(16-5-1)37-19-14-24-43(31-37)54(42-22-8-3-9-23-42)44-28-29-46-48-34-41(27-30-51(48)55-52(46)35-44)53(40-20-6-2-7-21-40)49-26-13-12-25-45(49)47-32-38-17-10-11-18-39(38)33-50(47)53;1-4-15-36(16-5-1)37-27-31-42(32-28-37)54(41-20-8-3-9-21-41)49-26-14-24-44-46-35-40(30-34-50(46)55-52(44)49)53(39-18-6-2-7-19-39)47-25-13-12-23-45(47)51-43-22-11-10-17-38(43)29-33-48(51)53/h2*1-35H. The second-order valence-electron chi connectivity index (χ2n) is 28.9. The second kappa shape index (κ2) is 26.5. The molecule has 0 aliphatic heterocycles. The summed E-state index contributed by atoms with van der Waals surface area (Å²) in [6, 6.07) is 155. The molecule has 0 N–H and O–H groups in total. The fraction of sp³-hybridized carbons (Fsp3) is 0.0189. The molecule has 0 amide bonds. The van der Waals surface area contributed by atoms with Gasteiger partial charge in [0.05, 0.1) is 21.2 Å². The lowest BCUT2D eigenvalue weighted by Gasteiger charge is -2.34. The highest BCUT2D eigenvalue weighted by Crippen LogP contribution is 2.60. The predicted molar refractivity (Wildman–Crippen MR) is 463 cm³/mol. The van der Waals surface area contributed by atoms with E-state index < -0.39 is 10.8 Å². The van der Waals surface area contributed by atoms with Gasteiger partial charge in [-0.1, -0.05) is 315 Å². The summed E-state index contributed by atoms with van der Waals surface area (Å²) in [6.07, 6.45) is 0. The first-order chi connectivity index (χ1) is 54.5. The first-order valence-electron chi connectivity index (χ1n) is 37.8. The molecule has 2 atom stereocenters. The highest BCUT2D eigenvalue weighted by atomic mass is 32.1. The van der Waals surface area contributed by atoms with Crippen LogP contribution in [0.15, 0.2) is 429 Å². The molecule has 2 aliphatic carbocycles. The zero-order chi connectivity index (χ0) is 72.7. The van der Waals surface area contributed by atoms with Crippen molar-refractivity contribution in [1.82, 2.24) is 0 Å². The number of benzene rings is 18. The molecule has 3 nitrogen and oxygen atoms in total. The van der Waals surface area contributed by atoms with Gasteiger partial charge in [-0.3, -0.25) is 0 Å². The van der Waals surface area contributed by atoms with E-state index in [1.165, 1.54) is 136 Å². The highest BCUT2D eigenvalue weighted by molar-refractivity contribution is 7.26. The molecule has 2 unspecified atom stereocenters. The van der Waals surface area contributed by atoms with Gasteiger partial charge in [0, 0.05) is 60.7 Å². The summed E-state index contributed by atoms with van der Waals surface area (Å²) >= 11 is 1.88. The average Bonchev–Trinajstić information content (AvgIpc) is 1.53. The fourth-order valence-electron chi connectivity index (χ4n) is 18.2. The Morgan fingerprint density at radius 3 is 1.42 bits per heavy atom. The number of fused-ring (bicyclic) bond motifs is 15. The minimum absolute atomic E-state index is 0.478. The van der Waals surface area contributed by atoms with Crippen molar-refractivity contribution in [2.45, 2.75) is 10.8 Å². The minimum atomic E-state index is -0.511. The van der Waals surface area contributed by atoms with Gasteiger partial charge in [-0.2, -0.15) is 0 Å². The van der Waals surface area contributed by atoms with Crippen LogP contribution in [0.25, 0.3) is 108 Å². The molecule has 20 aromatic rings. The van der Waals surface area contributed by atoms with E-state index in [4.69, 9.17) is 4.42 Å². The van der Waals surface area contributed by atoms with Crippen LogP contribution in [0.5, 0.6) is 0 Å². The van der Waals surface area contributed by atoms with Crippen molar-refractivity contribution in [3.05, 3.63) is 469 Å². The van der Waals surface area contributed by atoms with E-state index in [9.17, 15) is 0 Å². The Labute approximate surface area is 643 Å². The molecule has 2 aromatic heterocycles. The van der Waals surface area contributed by atoms with Gasteiger partial charge in [-0.25, -0.2) is 0 Å². The van der Waals surface area contributed by atoms with Crippen molar-refractivity contribution in [1.29, 1.82) is 0 Å². The Balaban J connectivity index is 0.000000140. The molecule has 18 aromatic carbocycles. The number of hydrogen-bond acceptors (Lipinski definition) is 4. The van der Waals surface area contributed by atoms with E-state index in [-0.39, 0.29) is 0 Å². The van der Waals surface area contributed by atoms with E-state index >= 15 is 0 Å². The third-order valence-corrected chi connectivity index (χ3v) is 24.2. The summed E-state index contributed by atoms with van der Waals surface area (Å²) in [5.41, 5.74) is 27.7. The van der Waals surface area contributed by atoms with Gasteiger partial charge in [0.15, 0.2) is 0 Å². The van der Waals surface area contributed by atoms with Crippen LogP contribution in [-0.4, -0.2) is 0 Å². The first-order valence-corrected chi connectivity index (χ1v) is 38.7. The maximum absolute atomic E-state index is 6.73. The van der Waals surface area contributed by atoms with E-state index in [0.717, 1.165) is 50.4 Å². The SMILES string of the molecule is c1ccc(-c2ccc(N(c3ccccc3)c3cccc4c3sc3ccc(C5(c6ccccc6)c6ccccc6-c6c5ccc5ccccc65)cc34)cc2)cc1.c1ccc(-c2cccc(N(c3ccccc3)c3ccc4c(c3)oc3ccc(C5(c6ccccc6)c6ccccc6-c6cc7ccccc7cc65)cc34)c2)cc1. The Morgan fingerprint density at radius 1 is 0.227 bits per heavy atom. The molecular formula is C106H70N2OS. The number of nitrogens with zero attached hydrogens (tertiary/aromatic N) is 2. The van der Waals surface area contributed by atoms with E-state index in [1.807, 2.05) is 11.3 Å². The van der Waals surface area contributed by atoms with Gasteiger partial charge in [-0.15, -0.1) is 11.3 Å².